The number of anilines is 1. The van der Waals surface area contributed by atoms with Gasteiger partial charge in [-0.3, -0.25) is 9.59 Å². The highest BCUT2D eigenvalue weighted by Crippen LogP contribution is 2.35. The minimum Gasteiger partial charge on any atom is -0.497 e. The summed E-state index contributed by atoms with van der Waals surface area (Å²) in [5, 5.41) is 15.6. The molecule has 2 aromatic carbocycles. The molecule has 8 nitrogen and oxygen atoms in total. The number of hydrogen-bond acceptors (Lipinski definition) is 6. The maximum absolute atomic E-state index is 12.0. The molecule has 142 valence electrons. The summed E-state index contributed by atoms with van der Waals surface area (Å²) in [4.78, 5) is 24.0. The average molecular weight is 372 g/mol. The Balaban J connectivity index is 1.57. The third-order valence-corrected chi connectivity index (χ3v) is 4.14. The zero-order chi connectivity index (χ0) is 19.4. The van der Waals surface area contributed by atoms with Crippen molar-refractivity contribution in [3.05, 3.63) is 48.0 Å². The summed E-state index contributed by atoms with van der Waals surface area (Å²) in [5.41, 5.74) is -0.405. The summed E-state index contributed by atoms with van der Waals surface area (Å²) in [5.74, 6) is 0.0690. The van der Waals surface area contributed by atoms with Crippen LogP contribution < -0.4 is 24.8 Å². The molecule has 1 heterocycles. The van der Waals surface area contributed by atoms with Crippen molar-refractivity contribution in [1.29, 1.82) is 0 Å². The molecular weight excluding hydrogens is 352 g/mol. The van der Waals surface area contributed by atoms with E-state index in [9.17, 15) is 14.7 Å². The van der Waals surface area contributed by atoms with E-state index < -0.39 is 17.4 Å². The van der Waals surface area contributed by atoms with Crippen molar-refractivity contribution in [2.75, 3.05) is 25.8 Å². The van der Waals surface area contributed by atoms with Gasteiger partial charge in [0.25, 0.3) is 0 Å². The van der Waals surface area contributed by atoms with Crippen LogP contribution in [-0.4, -0.2) is 37.4 Å². The van der Waals surface area contributed by atoms with Gasteiger partial charge in [0.1, 0.15) is 11.4 Å². The molecule has 3 N–H and O–H groups in total. The molecule has 8 heteroatoms. The summed E-state index contributed by atoms with van der Waals surface area (Å²) in [6.45, 7) is 1.51. The lowest BCUT2D eigenvalue weighted by molar-refractivity contribution is -0.136. The molecular formula is C19H20N2O6. The van der Waals surface area contributed by atoms with Crippen LogP contribution in [0.15, 0.2) is 42.5 Å². The molecule has 3 rings (SSSR count). The standard InChI is InChI=1S/C19H20N2O6/c1-19(24,12-3-8-15-16(9-12)27-11-26-15)10-20-17(22)18(23)21-13-4-6-14(25-2)7-5-13/h3-9,24H,10-11H2,1-2H3,(H,20,22)(H,21,23). The molecule has 0 aliphatic carbocycles. The van der Waals surface area contributed by atoms with Gasteiger partial charge in [0, 0.05) is 5.69 Å². The Morgan fingerprint density at radius 1 is 1.11 bits per heavy atom. The number of fused-ring (bicyclic) bond motifs is 1. The molecule has 0 aromatic heterocycles. The molecule has 1 aliphatic rings. The number of rotatable bonds is 5. The van der Waals surface area contributed by atoms with Gasteiger partial charge in [0.2, 0.25) is 6.79 Å². The van der Waals surface area contributed by atoms with E-state index in [0.717, 1.165) is 0 Å². The Bertz CT molecular complexity index is 848. The van der Waals surface area contributed by atoms with Crippen molar-refractivity contribution < 1.29 is 28.9 Å². The first kappa shape index (κ1) is 18.5. The van der Waals surface area contributed by atoms with Gasteiger partial charge in [-0.25, -0.2) is 0 Å². The van der Waals surface area contributed by atoms with Crippen LogP contribution in [0.2, 0.25) is 0 Å². The minimum absolute atomic E-state index is 0.128. The van der Waals surface area contributed by atoms with Crippen molar-refractivity contribution in [3.8, 4) is 17.2 Å². The Morgan fingerprint density at radius 3 is 2.52 bits per heavy atom. The molecule has 0 radical (unpaired) electrons. The van der Waals surface area contributed by atoms with E-state index in [0.29, 0.717) is 28.5 Å². The molecule has 1 unspecified atom stereocenters. The van der Waals surface area contributed by atoms with Gasteiger partial charge in [0.15, 0.2) is 11.5 Å². The van der Waals surface area contributed by atoms with E-state index in [1.54, 1.807) is 42.5 Å². The van der Waals surface area contributed by atoms with Crippen LogP contribution >= 0.6 is 0 Å². The second kappa shape index (κ2) is 7.55. The van der Waals surface area contributed by atoms with Crippen LogP contribution in [0.4, 0.5) is 5.69 Å². The van der Waals surface area contributed by atoms with E-state index in [2.05, 4.69) is 10.6 Å². The van der Waals surface area contributed by atoms with E-state index in [1.807, 2.05) is 0 Å². The van der Waals surface area contributed by atoms with Crippen LogP contribution in [0.1, 0.15) is 12.5 Å². The van der Waals surface area contributed by atoms with Gasteiger partial charge < -0.3 is 30.0 Å². The summed E-state index contributed by atoms with van der Waals surface area (Å²) in [6, 6.07) is 11.6. The molecule has 1 atom stereocenters. The van der Waals surface area contributed by atoms with Gasteiger partial charge in [-0.05, 0) is 48.9 Å². The highest BCUT2D eigenvalue weighted by atomic mass is 16.7. The third-order valence-electron chi connectivity index (χ3n) is 4.14. The van der Waals surface area contributed by atoms with Crippen molar-refractivity contribution in [2.45, 2.75) is 12.5 Å². The number of ether oxygens (including phenoxy) is 3. The second-order valence-corrected chi connectivity index (χ2v) is 6.21. The Kier molecular flexibility index (Phi) is 5.18. The number of carbonyl (C=O) groups excluding carboxylic acids is 2. The van der Waals surface area contributed by atoms with Gasteiger partial charge in [0.05, 0.1) is 13.7 Å². The quantitative estimate of drug-likeness (QED) is 0.685. The number of nitrogens with one attached hydrogen (secondary N) is 2. The lowest BCUT2D eigenvalue weighted by atomic mass is 9.95. The molecule has 2 aromatic rings. The molecule has 27 heavy (non-hydrogen) atoms. The number of benzene rings is 2. The van der Waals surface area contributed by atoms with Crippen LogP contribution in [-0.2, 0) is 15.2 Å². The lowest BCUT2D eigenvalue weighted by Crippen LogP contribution is -2.43. The van der Waals surface area contributed by atoms with E-state index in [1.165, 1.54) is 14.0 Å². The lowest BCUT2D eigenvalue weighted by Gasteiger charge is -2.24. The Morgan fingerprint density at radius 2 is 1.81 bits per heavy atom. The topological polar surface area (TPSA) is 106 Å². The second-order valence-electron chi connectivity index (χ2n) is 6.21. The SMILES string of the molecule is COc1ccc(NC(=O)C(=O)NCC(C)(O)c2ccc3c(c2)OCO3)cc1. The van der Waals surface area contributed by atoms with Gasteiger partial charge in [-0.2, -0.15) is 0 Å². The minimum atomic E-state index is -1.39. The van der Waals surface area contributed by atoms with Crippen LogP contribution in [0, 0.1) is 0 Å². The first-order valence-electron chi connectivity index (χ1n) is 8.25. The van der Waals surface area contributed by atoms with Crippen LogP contribution in [0.3, 0.4) is 0 Å². The predicted molar refractivity (Wildman–Crippen MR) is 96.8 cm³/mol. The van der Waals surface area contributed by atoms with E-state index in [-0.39, 0.29) is 13.3 Å². The summed E-state index contributed by atoms with van der Waals surface area (Å²) >= 11 is 0. The Labute approximate surface area is 156 Å². The number of hydrogen-bond donors (Lipinski definition) is 3. The normalized spacial score (nSPS) is 14.2. The molecule has 1 aliphatic heterocycles. The average Bonchev–Trinajstić information content (AvgIpc) is 3.14. The highest BCUT2D eigenvalue weighted by Gasteiger charge is 2.27. The number of aliphatic hydroxyl groups is 1. The fourth-order valence-electron chi connectivity index (χ4n) is 2.53. The maximum atomic E-state index is 12.0. The smallest absolute Gasteiger partial charge is 0.313 e. The van der Waals surface area contributed by atoms with Crippen molar-refractivity contribution in [2.24, 2.45) is 0 Å². The number of methoxy groups -OCH3 is 1. The summed E-state index contributed by atoms with van der Waals surface area (Å²) < 4.78 is 15.6. The van der Waals surface area contributed by atoms with Gasteiger partial charge >= 0.3 is 11.8 Å². The first-order valence-corrected chi connectivity index (χ1v) is 8.25. The highest BCUT2D eigenvalue weighted by molar-refractivity contribution is 6.39. The van der Waals surface area contributed by atoms with Crippen LogP contribution in [0.25, 0.3) is 0 Å². The monoisotopic (exact) mass is 372 g/mol. The molecule has 2 amide bonds. The summed E-state index contributed by atoms with van der Waals surface area (Å²) in [6.07, 6.45) is 0. The first-order chi connectivity index (χ1) is 12.9. The fourth-order valence-corrected chi connectivity index (χ4v) is 2.53. The number of amides is 2. The Hall–Kier alpha value is -3.26. The van der Waals surface area contributed by atoms with Crippen LogP contribution in [0.5, 0.6) is 17.2 Å². The zero-order valence-electron chi connectivity index (χ0n) is 14.9. The molecule has 0 saturated carbocycles. The third kappa shape index (κ3) is 4.29. The number of carbonyl (C=O) groups is 2. The van der Waals surface area contributed by atoms with Crippen molar-refractivity contribution >= 4 is 17.5 Å². The largest absolute Gasteiger partial charge is 0.497 e. The predicted octanol–water partition coefficient (Wildman–Crippen LogP) is 1.39. The summed E-state index contributed by atoms with van der Waals surface area (Å²) in [7, 11) is 1.53. The molecule has 0 fully saturated rings. The van der Waals surface area contributed by atoms with Gasteiger partial charge in [-0.15, -0.1) is 0 Å². The van der Waals surface area contributed by atoms with Crippen molar-refractivity contribution in [3.63, 3.8) is 0 Å². The molecule has 0 bridgehead atoms. The zero-order valence-corrected chi connectivity index (χ0v) is 14.9. The van der Waals surface area contributed by atoms with E-state index >= 15 is 0 Å². The van der Waals surface area contributed by atoms with Crippen molar-refractivity contribution in [1.82, 2.24) is 5.32 Å². The molecule has 0 saturated heterocycles. The van der Waals surface area contributed by atoms with E-state index in [4.69, 9.17) is 14.2 Å². The van der Waals surface area contributed by atoms with Gasteiger partial charge in [-0.1, -0.05) is 6.07 Å². The molecule has 0 spiro atoms. The maximum Gasteiger partial charge on any atom is 0.313 e. The fraction of sp³-hybridized carbons (Fsp3) is 0.263.